The number of aromatic nitrogens is 2. The Morgan fingerprint density at radius 1 is 1.40 bits per heavy atom. The van der Waals surface area contributed by atoms with Gasteiger partial charge in [-0.1, -0.05) is 12.8 Å². The van der Waals surface area contributed by atoms with E-state index >= 15 is 0 Å². The van der Waals surface area contributed by atoms with Crippen LogP contribution in [0.5, 0.6) is 0 Å². The largest absolute Gasteiger partial charge is 0.328 e. The summed E-state index contributed by atoms with van der Waals surface area (Å²) in [5, 5.41) is 3.34. The molecule has 0 spiro atoms. The first-order chi connectivity index (χ1) is 7.30. The standard InChI is InChI=1S/C12H19N3/c1-12(4-2-3-5-12)15-9-14-8-11(15)10-6-13-7-10/h8-10,13H,2-7H2,1H3. The fraction of sp³-hybridized carbons (Fsp3) is 0.750. The Morgan fingerprint density at radius 3 is 2.73 bits per heavy atom. The molecule has 0 unspecified atom stereocenters. The summed E-state index contributed by atoms with van der Waals surface area (Å²) in [5.74, 6) is 0.699. The van der Waals surface area contributed by atoms with Crippen molar-refractivity contribution in [2.75, 3.05) is 13.1 Å². The van der Waals surface area contributed by atoms with Crippen LogP contribution >= 0.6 is 0 Å². The zero-order valence-electron chi connectivity index (χ0n) is 9.37. The van der Waals surface area contributed by atoms with E-state index in [-0.39, 0.29) is 0 Å². The monoisotopic (exact) mass is 205 g/mol. The quantitative estimate of drug-likeness (QED) is 0.798. The number of nitrogens with one attached hydrogen (secondary N) is 1. The van der Waals surface area contributed by atoms with Crippen LogP contribution in [0.3, 0.4) is 0 Å². The summed E-state index contributed by atoms with van der Waals surface area (Å²) >= 11 is 0. The average molecular weight is 205 g/mol. The van der Waals surface area contributed by atoms with Gasteiger partial charge in [0.2, 0.25) is 0 Å². The van der Waals surface area contributed by atoms with Crippen LogP contribution < -0.4 is 5.32 Å². The molecule has 1 saturated carbocycles. The van der Waals surface area contributed by atoms with Crippen LogP contribution in [0.15, 0.2) is 12.5 Å². The predicted molar refractivity (Wildman–Crippen MR) is 60.0 cm³/mol. The van der Waals surface area contributed by atoms with Crippen LogP contribution in [-0.4, -0.2) is 22.6 Å². The van der Waals surface area contributed by atoms with Crippen LogP contribution in [0.2, 0.25) is 0 Å². The Kier molecular flexibility index (Phi) is 2.09. The van der Waals surface area contributed by atoms with E-state index in [1.165, 1.54) is 31.4 Å². The topological polar surface area (TPSA) is 29.9 Å². The molecule has 15 heavy (non-hydrogen) atoms. The van der Waals surface area contributed by atoms with Gasteiger partial charge in [0, 0.05) is 36.4 Å². The minimum atomic E-state index is 0.349. The molecule has 82 valence electrons. The molecule has 1 aromatic rings. The molecule has 3 nitrogen and oxygen atoms in total. The second-order valence-corrected chi connectivity index (χ2v) is 5.25. The van der Waals surface area contributed by atoms with Gasteiger partial charge in [0.25, 0.3) is 0 Å². The maximum Gasteiger partial charge on any atom is 0.0953 e. The molecule has 1 saturated heterocycles. The molecule has 2 aliphatic rings. The lowest BCUT2D eigenvalue weighted by atomic mass is 9.95. The molecule has 0 atom stereocenters. The molecule has 2 heterocycles. The Bertz CT molecular complexity index is 346. The third kappa shape index (κ3) is 1.41. The number of imidazole rings is 1. The minimum Gasteiger partial charge on any atom is -0.328 e. The van der Waals surface area contributed by atoms with E-state index in [0.717, 1.165) is 13.1 Å². The number of hydrogen-bond acceptors (Lipinski definition) is 2. The van der Waals surface area contributed by atoms with Gasteiger partial charge in [0.05, 0.1) is 6.33 Å². The zero-order chi connectivity index (χ0) is 10.3. The molecule has 3 rings (SSSR count). The third-order valence-corrected chi connectivity index (χ3v) is 4.13. The summed E-state index contributed by atoms with van der Waals surface area (Å²) in [6, 6.07) is 0. The van der Waals surface area contributed by atoms with Gasteiger partial charge in [-0.3, -0.25) is 0 Å². The zero-order valence-corrected chi connectivity index (χ0v) is 9.37. The summed E-state index contributed by atoms with van der Waals surface area (Å²) in [6.45, 7) is 4.64. The molecular weight excluding hydrogens is 186 g/mol. The Balaban J connectivity index is 1.93. The first-order valence-corrected chi connectivity index (χ1v) is 6.03. The first-order valence-electron chi connectivity index (χ1n) is 6.03. The molecule has 2 fully saturated rings. The van der Waals surface area contributed by atoms with Gasteiger partial charge in [-0.15, -0.1) is 0 Å². The maximum absolute atomic E-state index is 4.35. The summed E-state index contributed by atoms with van der Waals surface area (Å²) in [6.07, 6.45) is 9.48. The normalized spacial score (nSPS) is 25.4. The Hall–Kier alpha value is -0.830. The van der Waals surface area contributed by atoms with Gasteiger partial charge in [-0.25, -0.2) is 4.98 Å². The van der Waals surface area contributed by atoms with Crippen molar-refractivity contribution >= 4 is 0 Å². The summed E-state index contributed by atoms with van der Waals surface area (Å²) < 4.78 is 2.45. The first kappa shape index (κ1) is 9.40. The molecule has 0 aromatic carbocycles. The van der Waals surface area contributed by atoms with E-state index in [1.54, 1.807) is 0 Å². The van der Waals surface area contributed by atoms with Crippen LogP contribution in [0, 0.1) is 0 Å². The lowest BCUT2D eigenvalue weighted by Crippen LogP contribution is -2.42. The van der Waals surface area contributed by atoms with Crippen molar-refractivity contribution in [3.8, 4) is 0 Å². The van der Waals surface area contributed by atoms with E-state index in [9.17, 15) is 0 Å². The number of rotatable bonds is 2. The van der Waals surface area contributed by atoms with E-state index in [0.29, 0.717) is 11.5 Å². The molecule has 0 radical (unpaired) electrons. The molecule has 1 aromatic heterocycles. The molecule has 0 bridgehead atoms. The lowest BCUT2D eigenvalue weighted by molar-refractivity contribution is 0.300. The van der Waals surface area contributed by atoms with Gasteiger partial charge in [-0.05, 0) is 19.8 Å². The fourth-order valence-electron chi connectivity index (χ4n) is 2.93. The highest BCUT2D eigenvalue weighted by molar-refractivity contribution is 5.14. The molecule has 0 amide bonds. The second-order valence-electron chi connectivity index (χ2n) is 5.25. The van der Waals surface area contributed by atoms with E-state index < -0.39 is 0 Å². The summed E-state index contributed by atoms with van der Waals surface area (Å²) in [4.78, 5) is 4.35. The van der Waals surface area contributed by atoms with E-state index in [2.05, 4.69) is 28.0 Å². The highest BCUT2D eigenvalue weighted by atomic mass is 15.1. The molecular formula is C12H19N3. The van der Waals surface area contributed by atoms with Crippen molar-refractivity contribution in [1.82, 2.24) is 14.9 Å². The van der Waals surface area contributed by atoms with Crippen molar-refractivity contribution < 1.29 is 0 Å². The smallest absolute Gasteiger partial charge is 0.0953 e. The average Bonchev–Trinajstić information content (AvgIpc) is 2.71. The van der Waals surface area contributed by atoms with Gasteiger partial charge in [0.15, 0.2) is 0 Å². The Morgan fingerprint density at radius 2 is 2.13 bits per heavy atom. The third-order valence-electron chi connectivity index (χ3n) is 4.13. The van der Waals surface area contributed by atoms with Gasteiger partial charge in [-0.2, -0.15) is 0 Å². The molecule has 1 aliphatic heterocycles. The highest BCUT2D eigenvalue weighted by Crippen LogP contribution is 2.38. The van der Waals surface area contributed by atoms with Gasteiger partial charge >= 0.3 is 0 Å². The highest BCUT2D eigenvalue weighted by Gasteiger charge is 2.34. The predicted octanol–water partition coefficient (Wildman–Crippen LogP) is 1.86. The summed E-state index contributed by atoms with van der Waals surface area (Å²) in [7, 11) is 0. The van der Waals surface area contributed by atoms with Crippen molar-refractivity contribution in [2.45, 2.75) is 44.1 Å². The van der Waals surface area contributed by atoms with Crippen molar-refractivity contribution in [2.24, 2.45) is 0 Å². The molecule has 1 N–H and O–H groups in total. The lowest BCUT2D eigenvalue weighted by Gasteiger charge is -2.34. The van der Waals surface area contributed by atoms with Crippen molar-refractivity contribution in [3.63, 3.8) is 0 Å². The second kappa shape index (κ2) is 3.34. The maximum atomic E-state index is 4.35. The molecule has 3 heteroatoms. The van der Waals surface area contributed by atoms with Crippen molar-refractivity contribution in [1.29, 1.82) is 0 Å². The number of hydrogen-bond donors (Lipinski definition) is 1. The fourth-order valence-corrected chi connectivity index (χ4v) is 2.93. The number of nitrogens with zero attached hydrogens (tertiary/aromatic N) is 2. The van der Waals surface area contributed by atoms with Gasteiger partial charge < -0.3 is 9.88 Å². The Labute approximate surface area is 90.9 Å². The van der Waals surface area contributed by atoms with E-state index in [4.69, 9.17) is 0 Å². The van der Waals surface area contributed by atoms with Crippen LogP contribution in [0.1, 0.15) is 44.2 Å². The summed E-state index contributed by atoms with van der Waals surface area (Å²) in [5.41, 5.74) is 1.79. The van der Waals surface area contributed by atoms with Gasteiger partial charge in [0.1, 0.15) is 0 Å². The van der Waals surface area contributed by atoms with Crippen molar-refractivity contribution in [3.05, 3.63) is 18.2 Å². The minimum absolute atomic E-state index is 0.349. The van der Waals surface area contributed by atoms with Crippen LogP contribution in [0.4, 0.5) is 0 Å². The van der Waals surface area contributed by atoms with E-state index in [1.807, 2.05) is 6.33 Å². The van der Waals surface area contributed by atoms with Crippen LogP contribution in [0.25, 0.3) is 0 Å². The SMILES string of the molecule is CC1(n2cncc2C2CNC2)CCCC1. The molecule has 1 aliphatic carbocycles. The van der Waals surface area contributed by atoms with Crippen LogP contribution in [-0.2, 0) is 5.54 Å².